The molecule has 0 amide bonds. The van der Waals surface area contributed by atoms with E-state index in [-0.39, 0.29) is 0 Å². The number of hydrogen-bond acceptors (Lipinski definition) is 5. The molecule has 0 aliphatic heterocycles. The van der Waals surface area contributed by atoms with E-state index in [1.54, 1.807) is 7.11 Å². The highest BCUT2D eigenvalue weighted by molar-refractivity contribution is 5.12. The Morgan fingerprint density at radius 2 is 2.06 bits per heavy atom. The van der Waals surface area contributed by atoms with Crippen molar-refractivity contribution in [3.63, 3.8) is 0 Å². The Hall–Kier alpha value is -1.20. The average Bonchev–Trinajstić information content (AvgIpc) is 2.32. The van der Waals surface area contributed by atoms with Gasteiger partial charge in [0.15, 0.2) is 0 Å². The fourth-order valence-corrected chi connectivity index (χ4v) is 1.43. The molecule has 102 valence electrons. The molecule has 1 aromatic rings. The van der Waals surface area contributed by atoms with E-state index in [1.807, 2.05) is 13.0 Å². The lowest BCUT2D eigenvalue weighted by atomic mass is 10.3. The number of rotatable bonds is 8. The molecule has 5 nitrogen and oxygen atoms in total. The molecule has 0 fully saturated rings. The van der Waals surface area contributed by atoms with Gasteiger partial charge in [0.2, 0.25) is 0 Å². The van der Waals surface area contributed by atoms with Gasteiger partial charge in [-0.15, -0.1) is 0 Å². The van der Waals surface area contributed by atoms with Crippen LogP contribution < -0.4 is 10.1 Å². The van der Waals surface area contributed by atoms with Crippen molar-refractivity contribution in [2.45, 2.75) is 39.8 Å². The number of hydrogen-bond donors (Lipinski definition) is 1. The zero-order valence-corrected chi connectivity index (χ0v) is 11.7. The third kappa shape index (κ3) is 5.93. The van der Waals surface area contributed by atoms with Crippen molar-refractivity contribution in [3.05, 3.63) is 17.5 Å². The molecule has 1 heterocycles. The first-order valence-electron chi connectivity index (χ1n) is 6.31. The summed E-state index contributed by atoms with van der Waals surface area (Å²) in [5, 5.41) is 3.33. The standard InChI is InChI=1S/C13H23N3O2/c1-10(2)14-9-12-8-11(3)15-13(16-12)18-7-5-6-17-4/h8,10,14H,5-7,9H2,1-4H3. The summed E-state index contributed by atoms with van der Waals surface area (Å²) in [6, 6.07) is 2.86. The van der Waals surface area contributed by atoms with E-state index in [0.29, 0.717) is 25.3 Å². The van der Waals surface area contributed by atoms with E-state index in [9.17, 15) is 0 Å². The van der Waals surface area contributed by atoms with Crippen molar-refractivity contribution in [1.82, 2.24) is 15.3 Å². The van der Waals surface area contributed by atoms with Gasteiger partial charge < -0.3 is 14.8 Å². The molecular weight excluding hydrogens is 230 g/mol. The average molecular weight is 253 g/mol. The van der Waals surface area contributed by atoms with Crippen LogP contribution in [0.15, 0.2) is 6.07 Å². The minimum atomic E-state index is 0.436. The summed E-state index contributed by atoms with van der Waals surface area (Å²) in [7, 11) is 1.68. The lowest BCUT2D eigenvalue weighted by Gasteiger charge is -2.10. The predicted molar refractivity (Wildman–Crippen MR) is 70.7 cm³/mol. The topological polar surface area (TPSA) is 56.3 Å². The van der Waals surface area contributed by atoms with Crippen molar-refractivity contribution in [3.8, 4) is 6.01 Å². The van der Waals surface area contributed by atoms with Gasteiger partial charge in [-0.05, 0) is 13.0 Å². The predicted octanol–water partition coefficient (Wildman–Crippen LogP) is 1.70. The first kappa shape index (κ1) is 14.9. The summed E-state index contributed by atoms with van der Waals surface area (Å²) in [4.78, 5) is 8.62. The summed E-state index contributed by atoms with van der Waals surface area (Å²) in [6.45, 7) is 8.16. The van der Waals surface area contributed by atoms with Crippen LogP contribution in [0.3, 0.4) is 0 Å². The van der Waals surface area contributed by atoms with Gasteiger partial charge in [0.1, 0.15) is 0 Å². The normalized spacial score (nSPS) is 10.9. The Morgan fingerprint density at radius 3 is 2.72 bits per heavy atom. The lowest BCUT2D eigenvalue weighted by Crippen LogP contribution is -2.22. The van der Waals surface area contributed by atoms with Gasteiger partial charge >= 0.3 is 6.01 Å². The summed E-state index contributed by atoms with van der Waals surface area (Å²) in [5.41, 5.74) is 1.88. The molecule has 0 atom stereocenters. The van der Waals surface area contributed by atoms with Gasteiger partial charge in [-0.1, -0.05) is 13.8 Å². The Kier molecular flexibility index (Phi) is 6.60. The highest BCUT2D eigenvalue weighted by atomic mass is 16.5. The molecular formula is C13H23N3O2. The van der Waals surface area contributed by atoms with Gasteiger partial charge in [0, 0.05) is 38.4 Å². The summed E-state index contributed by atoms with van der Waals surface area (Å²) in [6.07, 6.45) is 0.841. The van der Waals surface area contributed by atoms with Gasteiger partial charge in [-0.2, -0.15) is 4.98 Å². The van der Waals surface area contributed by atoms with Gasteiger partial charge in [-0.25, -0.2) is 4.98 Å². The van der Waals surface area contributed by atoms with Gasteiger partial charge in [0.05, 0.1) is 12.3 Å². The van der Waals surface area contributed by atoms with E-state index in [2.05, 4.69) is 29.1 Å². The molecule has 18 heavy (non-hydrogen) atoms. The van der Waals surface area contributed by atoms with Crippen molar-refractivity contribution in [2.24, 2.45) is 0 Å². The van der Waals surface area contributed by atoms with Crippen LogP contribution in [0.1, 0.15) is 31.7 Å². The summed E-state index contributed by atoms with van der Waals surface area (Å²) >= 11 is 0. The summed E-state index contributed by atoms with van der Waals surface area (Å²) in [5.74, 6) is 0. The molecule has 0 saturated carbocycles. The monoisotopic (exact) mass is 253 g/mol. The molecule has 5 heteroatoms. The maximum Gasteiger partial charge on any atom is 0.316 e. The van der Waals surface area contributed by atoms with Crippen LogP contribution in [0, 0.1) is 6.92 Å². The lowest BCUT2D eigenvalue weighted by molar-refractivity contribution is 0.168. The largest absolute Gasteiger partial charge is 0.463 e. The minimum Gasteiger partial charge on any atom is -0.463 e. The van der Waals surface area contributed by atoms with Gasteiger partial charge in [0.25, 0.3) is 0 Å². The maximum atomic E-state index is 5.51. The highest BCUT2D eigenvalue weighted by Crippen LogP contribution is 2.07. The molecule has 0 spiro atoms. The second-order valence-corrected chi connectivity index (χ2v) is 4.51. The molecule has 0 aliphatic rings. The van der Waals surface area contributed by atoms with Crippen LogP contribution in [-0.2, 0) is 11.3 Å². The zero-order valence-electron chi connectivity index (χ0n) is 11.7. The molecule has 1 aromatic heterocycles. The third-order valence-corrected chi connectivity index (χ3v) is 2.30. The van der Waals surface area contributed by atoms with E-state index in [0.717, 1.165) is 24.4 Å². The number of methoxy groups -OCH3 is 1. The van der Waals surface area contributed by atoms with Crippen LogP contribution in [-0.4, -0.2) is 36.3 Å². The quantitative estimate of drug-likeness (QED) is 0.715. The first-order chi connectivity index (χ1) is 8.61. The summed E-state index contributed by atoms with van der Waals surface area (Å²) < 4.78 is 10.5. The van der Waals surface area contributed by atoms with E-state index in [4.69, 9.17) is 9.47 Å². The van der Waals surface area contributed by atoms with Crippen LogP contribution in [0.5, 0.6) is 6.01 Å². The molecule has 0 aliphatic carbocycles. The van der Waals surface area contributed by atoms with E-state index >= 15 is 0 Å². The number of nitrogens with one attached hydrogen (secondary N) is 1. The number of ether oxygens (including phenoxy) is 2. The maximum absolute atomic E-state index is 5.51. The molecule has 1 N–H and O–H groups in total. The van der Waals surface area contributed by atoms with Crippen LogP contribution in [0.2, 0.25) is 0 Å². The van der Waals surface area contributed by atoms with Crippen molar-refractivity contribution < 1.29 is 9.47 Å². The number of nitrogens with zero attached hydrogens (tertiary/aromatic N) is 2. The zero-order chi connectivity index (χ0) is 13.4. The third-order valence-electron chi connectivity index (χ3n) is 2.30. The fraction of sp³-hybridized carbons (Fsp3) is 0.692. The van der Waals surface area contributed by atoms with Crippen LogP contribution in [0.4, 0.5) is 0 Å². The van der Waals surface area contributed by atoms with Crippen molar-refractivity contribution in [2.75, 3.05) is 20.3 Å². The second kappa shape index (κ2) is 8.00. The highest BCUT2D eigenvalue weighted by Gasteiger charge is 2.04. The molecule has 0 aromatic carbocycles. The molecule has 1 rings (SSSR count). The Labute approximate surface area is 109 Å². The Morgan fingerprint density at radius 1 is 1.28 bits per heavy atom. The van der Waals surface area contributed by atoms with Crippen molar-refractivity contribution in [1.29, 1.82) is 0 Å². The van der Waals surface area contributed by atoms with Crippen LogP contribution in [0.25, 0.3) is 0 Å². The Balaban J connectivity index is 2.51. The molecule has 0 radical (unpaired) electrons. The SMILES string of the molecule is COCCCOc1nc(C)cc(CNC(C)C)n1. The molecule has 0 unspecified atom stereocenters. The van der Waals surface area contributed by atoms with Crippen LogP contribution >= 0.6 is 0 Å². The smallest absolute Gasteiger partial charge is 0.316 e. The minimum absolute atomic E-state index is 0.436. The number of aryl methyl sites for hydroxylation is 1. The van der Waals surface area contributed by atoms with Gasteiger partial charge in [-0.3, -0.25) is 0 Å². The van der Waals surface area contributed by atoms with E-state index in [1.165, 1.54) is 0 Å². The molecule has 0 saturated heterocycles. The van der Waals surface area contributed by atoms with E-state index < -0.39 is 0 Å². The second-order valence-electron chi connectivity index (χ2n) is 4.51. The Bertz CT molecular complexity index is 356. The first-order valence-corrected chi connectivity index (χ1v) is 6.31. The van der Waals surface area contributed by atoms with Crippen molar-refractivity contribution >= 4 is 0 Å². The molecule has 0 bridgehead atoms. The fourth-order valence-electron chi connectivity index (χ4n) is 1.43. The number of aromatic nitrogens is 2.